The summed E-state index contributed by atoms with van der Waals surface area (Å²) in [6, 6.07) is 13.3. The number of anilines is 1. The van der Waals surface area contributed by atoms with Gasteiger partial charge in [-0.05, 0) is 67.6 Å². The molecule has 1 aliphatic rings. The van der Waals surface area contributed by atoms with Gasteiger partial charge in [-0.1, -0.05) is 24.2 Å². The number of nitrogens with one attached hydrogen (secondary N) is 1. The quantitative estimate of drug-likeness (QED) is 0.660. The molecule has 0 saturated carbocycles. The van der Waals surface area contributed by atoms with Gasteiger partial charge in [0, 0.05) is 17.8 Å². The second kappa shape index (κ2) is 8.43. The van der Waals surface area contributed by atoms with Gasteiger partial charge in [-0.15, -0.1) is 0 Å². The summed E-state index contributed by atoms with van der Waals surface area (Å²) >= 11 is 0. The fraction of sp³-hybridized carbons (Fsp3) is 0.318. The lowest BCUT2D eigenvalue weighted by molar-refractivity contribution is 0.142. The molecule has 2 aromatic carbocycles. The number of carbonyl (C=O) groups excluding carboxylic acids is 1. The molecule has 4 rings (SSSR count). The molecule has 1 aromatic heterocycles. The van der Waals surface area contributed by atoms with Crippen molar-refractivity contribution < 1.29 is 13.7 Å². The van der Waals surface area contributed by atoms with Crippen LogP contribution in [0.5, 0.6) is 0 Å². The monoisotopic (exact) mass is 394 g/mol. The molecule has 3 aromatic rings. The van der Waals surface area contributed by atoms with Crippen molar-refractivity contribution in [3.8, 4) is 11.4 Å². The van der Waals surface area contributed by atoms with Crippen molar-refractivity contribution in [3.05, 3.63) is 65.8 Å². The van der Waals surface area contributed by atoms with Gasteiger partial charge in [-0.25, -0.2) is 9.18 Å². The number of likely N-dealkylation sites (tertiary alicyclic amines) is 1. The van der Waals surface area contributed by atoms with Crippen molar-refractivity contribution in [3.63, 3.8) is 0 Å². The van der Waals surface area contributed by atoms with Gasteiger partial charge in [0.25, 0.3) is 0 Å². The maximum Gasteiger partial charge on any atom is 0.322 e. The normalized spacial score (nSPS) is 16.6. The van der Waals surface area contributed by atoms with Crippen LogP contribution in [0.3, 0.4) is 0 Å². The summed E-state index contributed by atoms with van der Waals surface area (Å²) in [5.74, 6) is 0.473. The first-order chi connectivity index (χ1) is 14.1. The van der Waals surface area contributed by atoms with Crippen LogP contribution in [0, 0.1) is 5.82 Å². The molecule has 1 unspecified atom stereocenters. The Bertz CT molecular complexity index is 969. The van der Waals surface area contributed by atoms with Gasteiger partial charge in [-0.3, -0.25) is 0 Å². The van der Waals surface area contributed by atoms with E-state index in [4.69, 9.17) is 4.52 Å². The maximum atomic E-state index is 13.1. The summed E-state index contributed by atoms with van der Waals surface area (Å²) in [6.07, 6.45) is 3.62. The molecule has 1 fully saturated rings. The lowest BCUT2D eigenvalue weighted by atomic mass is 10.0. The van der Waals surface area contributed by atoms with E-state index in [0.29, 0.717) is 23.8 Å². The van der Waals surface area contributed by atoms with Crippen LogP contribution in [0.25, 0.3) is 11.4 Å². The van der Waals surface area contributed by atoms with Crippen molar-refractivity contribution in [1.29, 1.82) is 0 Å². The fourth-order valence-electron chi connectivity index (χ4n) is 3.54. The number of aryl methyl sites for hydroxylation is 1. The van der Waals surface area contributed by atoms with Gasteiger partial charge in [0.2, 0.25) is 11.7 Å². The van der Waals surface area contributed by atoms with Crippen molar-refractivity contribution in [1.82, 2.24) is 15.0 Å². The first-order valence-electron chi connectivity index (χ1n) is 9.90. The Kier molecular flexibility index (Phi) is 5.55. The molecule has 2 amide bonds. The first kappa shape index (κ1) is 19.1. The molecule has 0 spiro atoms. The van der Waals surface area contributed by atoms with Gasteiger partial charge in [-0.2, -0.15) is 4.98 Å². The molecular weight excluding hydrogens is 371 g/mol. The van der Waals surface area contributed by atoms with Crippen LogP contribution in [0.1, 0.15) is 43.7 Å². The second-order valence-corrected chi connectivity index (χ2v) is 7.15. The van der Waals surface area contributed by atoms with Gasteiger partial charge in [0.15, 0.2) is 0 Å². The minimum Gasteiger partial charge on any atom is -0.337 e. The molecule has 0 aliphatic carbocycles. The average molecular weight is 394 g/mol. The molecule has 1 saturated heterocycles. The van der Waals surface area contributed by atoms with E-state index in [0.717, 1.165) is 31.4 Å². The number of rotatable bonds is 4. The zero-order valence-electron chi connectivity index (χ0n) is 16.3. The van der Waals surface area contributed by atoms with Crippen molar-refractivity contribution in [2.24, 2.45) is 0 Å². The zero-order chi connectivity index (χ0) is 20.2. The molecule has 2 heterocycles. The molecule has 7 heteroatoms. The highest BCUT2D eigenvalue weighted by Gasteiger charge is 2.32. The number of hydrogen-bond donors (Lipinski definition) is 1. The van der Waals surface area contributed by atoms with Crippen LogP contribution in [0.2, 0.25) is 0 Å². The van der Waals surface area contributed by atoms with E-state index < -0.39 is 0 Å². The third-order valence-corrected chi connectivity index (χ3v) is 5.21. The van der Waals surface area contributed by atoms with Crippen LogP contribution < -0.4 is 5.32 Å². The maximum absolute atomic E-state index is 13.1. The summed E-state index contributed by atoms with van der Waals surface area (Å²) in [5, 5.41) is 6.98. The average Bonchev–Trinajstić information content (AvgIpc) is 3.25. The van der Waals surface area contributed by atoms with E-state index in [1.807, 2.05) is 24.3 Å². The number of nitrogens with zero attached hydrogens (tertiary/aromatic N) is 3. The molecule has 1 aliphatic heterocycles. The Balaban J connectivity index is 1.51. The standard InChI is InChI=1S/C22H23FN4O2/c1-2-15-6-12-18(13-7-15)24-22(28)27-14-4-3-5-19(27)21-25-20(26-29-21)16-8-10-17(23)11-9-16/h6-13,19H,2-5,14H2,1H3,(H,24,28). The lowest BCUT2D eigenvalue weighted by Gasteiger charge is -2.33. The molecule has 29 heavy (non-hydrogen) atoms. The van der Waals surface area contributed by atoms with Gasteiger partial charge < -0.3 is 14.7 Å². The van der Waals surface area contributed by atoms with E-state index in [2.05, 4.69) is 22.4 Å². The molecule has 1 atom stereocenters. The van der Waals surface area contributed by atoms with E-state index in [9.17, 15) is 9.18 Å². The molecule has 6 nitrogen and oxygen atoms in total. The number of piperidine rings is 1. The summed E-state index contributed by atoms with van der Waals surface area (Å²) in [5.41, 5.74) is 2.65. The predicted octanol–water partition coefficient (Wildman–Crippen LogP) is 5.20. The third-order valence-electron chi connectivity index (χ3n) is 5.21. The van der Waals surface area contributed by atoms with Crippen molar-refractivity contribution in [2.45, 2.75) is 38.6 Å². The Morgan fingerprint density at radius 1 is 1.17 bits per heavy atom. The van der Waals surface area contributed by atoms with Crippen LogP contribution in [0.4, 0.5) is 14.9 Å². The van der Waals surface area contributed by atoms with E-state index in [1.165, 1.54) is 17.7 Å². The smallest absolute Gasteiger partial charge is 0.322 e. The largest absolute Gasteiger partial charge is 0.337 e. The minimum atomic E-state index is -0.320. The second-order valence-electron chi connectivity index (χ2n) is 7.15. The van der Waals surface area contributed by atoms with Crippen LogP contribution in [-0.2, 0) is 6.42 Å². The minimum absolute atomic E-state index is 0.180. The summed E-state index contributed by atoms with van der Waals surface area (Å²) in [7, 11) is 0. The lowest BCUT2D eigenvalue weighted by Crippen LogP contribution is -2.41. The van der Waals surface area contributed by atoms with Gasteiger partial charge in [0.05, 0.1) is 0 Å². The number of urea groups is 1. The SMILES string of the molecule is CCc1ccc(NC(=O)N2CCCCC2c2nc(-c3ccc(F)cc3)no2)cc1. The number of amides is 2. The number of hydrogen-bond acceptors (Lipinski definition) is 4. The topological polar surface area (TPSA) is 71.3 Å². The predicted molar refractivity (Wildman–Crippen MR) is 108 cm³/mol. The van der Waals surface area contributed by atoms with Gasteiger partial charge >= 0.3 is 6.03 Å². The Morgan fingerprint density at radius 3 is 2.66 bits per heavy atom. The number of aromatic nitrogens is 2. The highest BCUT2D eigenvalue weighted by molar-refractivity contribution is 5.89. The number of carbonyl (C=O) groups is 1. The molecule has 150 valence electrons. The summed E-state index contributed by atoms with van der Waals surface area (Å²) in [4.78, 5) is 19.1. The van der Waals surface area contributed by atoms with Crippen molar-refractivity contribution in [2.75, 3.05) is 11.9 Å². The highest BCUT2D eigenvalue weighted by atomic mass is 19.1. The fourth-order valence-corrected chi connectivity index (χ4v) is 3.54. The highest BCUT2D eigenvalue weighted by Crippen LogP contribution is 2.31. The molecule has 0 bridgehead atoms. The zero-order valence-corrected chi connectivity index (χ0v) is 16.3. The van der Waals surface area contributed by atoms with Crippen molar-refractivity contribution >= 4 is 11.7 Å². The molecule has 1 N–H and O–H groups in total. The van der Waals surface area contributed by atoms with Crippen LogP contribution in [-0.4, -0.2) is 27.6 Å². The number of halogens is 1. The Hall–Kier alpha value is -3.22. The van der Waals surface area contributed by atoms with E-state index in [-0.39, 0.29) is 17.9 Å². The first-order valence-corrected chi connectivity index (χ1v) is 9.90. The summed E-state index contributed by atoms with van der Waals surface area (Å²) < 4.78 is 18.6. The van der Waals surface area contributed by atoms with E-state index >= 15 is 0 Å². The Labute approximate surface area is 168 Å². The molecule has 0 radical (unpaired) electrons. The number of benzene rings is 2. The van der Waals surface area contributed by atoms with E-state index in [1.54, 1.807) is 17.0 Å². The van der Waals surface area contributed by atoms with Crippen LogP contribution >= 0.6 is 0 Å². The Morgan fingerprint density at radius 2 is 1.93 bits per heavy atom. The third kappa shape index (κ3) is 4.29. The van der Waals surface area contributed by atoms with Gasteiger partial charge in [0.1, 0.15) is 11.9 Å². The molecular formula is C22H23FN4O2. The summed E-state index contributed by atoms with van der Waals surface area (Å²) in [6.45, 7) is 2.72. The van der Waals surface area contributed by atoms with Crippen LogP contribution in [0.15, 0.2) is 53.1 Å².